The number of pyridine rings is 1. The Morgan fingerprint density at radius 2 is 1.94 bits per heavy atom. The van der Waals surface area contributed by atoms with Gasteiger partial charge in [0.2, 0.25) is 0 Å². The Hall–Kier alpha value is -1.27. The average molecular weight is 273 g/mol. The smallest absolute Gasteiger partial charge is 0.357 e. The predicted octanol–water partition coefficient (Wildman–Crippen LogP) is 2.59. The Labute approximate surface area is 106 Å². The lowest BCUT2D eigenvalue weighted by Crippen LogP contribution is -2.51. The van der Waals surface area contributed by atoms with Crippen LogP contribution in [0.25, 0.3) is 10.9 Å². The van der Waals surface area contributed by atoms with E-state index in [4.69, 9.17) is 0 Å². The molecule has 0 fully saturated rings. The molecule has 1 aromatic heterocycles. The molecule has 18 heavy (non-hydrogen) atoms. The molecular weight excluding hydrogens is 261 g/mol. The number of hydrogen-bond donors (Lipinski definition) is 1. The number of halogens is 3. The van der Waals surface area contributed by atoms with Crippen molar-refractivity contribution >= 4 is 22.7 Å². The van der Waals surface area contributed by atoms with Crippen LogP contribution in [0.5, 0.6) is 0 Å². The maximum atomic E-state index is 12.7. The second kappa shape index (κ2) is 5.16. The molecule has 3 N–H and O–H groups in total. The minimum absolute atomic E-state index is 0.374. The summed E-state index contributed by atoms with van der Waals surface area (Å²) in [5.74, 6) is 0.686. The Bertz CT molecular complexity index is 555. The van der Waals surface area contributed by atoms with Crippen LogP contribution in [-0.4, -0.2) is 17.3 Å². The van der Waals surface area contributed by atoms with Gasteiger partial charge in [0.25, 0.3) is 0 Å². The van der Waals surface area contributed by atoms with Crippen LogP contribution in [-0.2, 0) is 6.18 Å². The first-order chi connectivity index (χ1) is 8.52. The maximum absolute atomic E-state index is 12.7. The second-order valence-electron chi connectivity index (χ2n) is 3.72. The number of benzene rings is 1. The number of alkyl halides is 3. The molecule has 0 spiro atoms. The number of rotatable bonds is 3. The summed E-state index contributed by atoms with van der Waals surface area (Å²) in [5, 5.41) is 0.754. The van der Waals surface area contributed by atoms with Crippen LogP contribution in [0.1, 0.15) is 5.69 Å². The van der Waals surface area contributed by atoms with E-state index in [1.54, 1.807) is 24.3 Å². The van der Waals surface area contributed by atoms with Crippen LogP contribution in [0.4, 0.5) is 13.2 Å². The van der Waals surface area contributed by atoms with Crippen LogP contribution in [0.3, 0.4) is 0 Å². The van der Waals surface area contributed by atoms with Crippen molar-refractivity contribution in [2.45, 2.75) is 11.1 Å². The third-order valence-corrected chi connectivity index (χ3v) is 3.51. The second-order valence-corrected chi connectivity index (χ2v) is 4.86. The van der Waals surface area contributed by atoms with Crippen LogP contribution < -0.4 is 5.73 Å². The summed E-state index contributed by atoms with van der Waals surface area (Å²) in [6.07, 6.45) is -4.41. The van der Waals surface area contributed by atoms with E-state index in [0.717, 1.165) is 11.5 Å². The minimum Gasteiger partial charge on any atom is -0.357 e. The first kappa shape index (κ1) is 13.2. The van der Waals surface area contributed by atoms with Crippen LogP contribution in [0.2, 0.25) is 0 Å². The number of fused-ring (bicyclic) bond motifs is 1. The maximum Gasteiger partial charge on any atom is 0.433 e. The van der Waals surface area contributed by atoms with Crippen molar-refractivity contribution in [2.24, 2.45) is 0 Å². The van der Waals surface area contributed by atoms with Crippen LogP contribution in [0.15, 0.2) is 35.2 Å². The Balaban J connectivity index is 2.57. The molecule has 2 aromatic rings. The molecule has 0 saturated carbocycles. The lowest BCUT2D eigenvalue weighted by atomic mass is 10.2. The summed E-state index contributed by atoms with van der Waals surface area (Å²) >= 11 is 1.38. The summed E-state index contributed by atoms with van der Waals surface area (Å²) in [6, 6.07) is 7.98. The molecule has 0 aliphatic rings. The lowest BCUT2D eigenvalue weighted by Gasteiger charge is -2.10. The fraction of sp³-hybridized carbons (Fsp3) is 0.250. The standard InChI is InChI=1S/C12H11F3N2S/c13-12(14,15)11-7-10(18-6-5-16)8-3-1-2-4-9(8)17-11/h1-4,7H,5-6,16H2/p+1. The Morgan fingerprint density at radius 1 is 1.22 bits per heavy atom. The molecule has 6 heteroatoms. The zero-order valence-electron chi connectivity index (χ0n) is 9.50. The minimum atomic E-state index is -4.41. The molecule has 0 aliphatic heterocycles. The summed E-state index contributed by atoms with van der Waals surface area (Å²) in [7, 11) is 0. The normalized spacial score (nSPS) is 12.0. The molecule has 1 aromatic carbocycles. The van der Waals surface area contributed by atoms with E-state index < -0.39 is 11.9 Å². The van der Waals surface area contributed by atoms with E-state index in [1.165, 1.54) is 11.8 Å². The zero-order chi connectivity index (χ0) is 13.2. The van der Waals surface area contributed by atoms with Gasteiger partial charge in [-0.25, -0.2) is 4.98 Å². The molecule has 0 atom stereocenters. The van der Waals surface area contributed by atoms with E-state index in [2.05, 4.69) is 10.7 Å². The molecule has 0 amide bonds. The fourth-order valence-electron chi connectivity index (χ4n) is 1.59. The summed E-state index contributed by atoms with van der Waals surface area (Å²) in [5.41, 5.74) is 3.23. The topological polar surface area (TPSA) is 40.5 Å². The van der Waals surface area contributed by atoms with Crippen LogP contribution in [0, 0.1) is 0 Å². The summed E-state index contributed by atoms with van der Waals surface area (Å²) in [4.78, 5) is 4.27. The van der Waals surface area contributed by atoms with E-state index in [-0.39, 0.29) is 0 Å². The predicted molar refractivity (Wildman–Crippen MR) is 65.2 cm³/mol. The lowest BCUT2D eigenvalue weighted by molar-refractivity contribution is -0.360. The first-order valence-corrected chi connectivity index (χ1v) is 6.40. The zero-order valence-corrected chi connectivity index (χ0v) is 10.3. The highest BCUT2D eigenvalue weighted by Gasteiger charge is 2.33. The molecule has 0 unspecified atom stereocenters. The van der Waals surface area contributed by atoms with Gasteiger partial charge in [0.1, 0.15) is 5.69 Å². The van der Waals surface area contributed by atoms with Gasteiger partial charge in [-0.15, -0.1) is 11.8 Å². The number of aromatic nitrogens is 1. The van der Waals surface area contributed by atoms with Crippen molar-refractivity contribution in [3.05, 3.63) is 36.0 Å². The van der Waals surface area contributed by atoms with Crippen LogP contribution >= 0.6 is 11.8 Å². The number of nitrogens with zero attached hydrogens (tertiary/aromatic N) is 1. The van der Waals surface area contributed by atoms with Gasteiger partial charge in [-0.05, 0) is 12.1 Å². The molecule has 0 bridgehead atoms. The van der Waals surface area contributed by atoms with E-state index in [9.17, 15) is 13.2 Å². The Morgan fingerprint density at radius 3 is 2.61 bits per heavy atom. The van der Waals surface area contributed by atoms with Gasteiger partial charge in [0.05, 0.1) is 12.1 Å². The molecule has 0 aliphatic carbocycles. The molecule has 0 radical (unpaired) electrons. The number of hydrogen-bond acceptors (Lipinski definition) is 2. The van der Waals surface area contributed by atoms with E-state index >= 15 is 0 Å². The summed E-state index contributed by atoms with van der Waals surface area (Å²) < 4.78 is 38.2. The third-order valence-electron chi connectivity index (χ3n) is 2.37. The van der Waals surface area contributed by atoms with Gasteiger partial charge in [-0.2, -0.15) is 13.2 Å². The Kier molecular flexibility index (Phi) is 3.77. The van der Waals surface area contributed by atoms with E-state index in [0.29, 0.717) is 22.7 Å². The number of quaternary nitrogens is 1. The molecule has 1 heterocycles. The highest BCUT2D eigenvalue weighted by molar-refractivity contribution is 7.99. The summed E-state index contributed by atoms with van der Waals surface area (Å²) in [6.45, 7) is 0.669. The number of thioether (sulfide) groups is 1. The van der Waals surface area contributed by atoms with Crippen molar-refractivity contribution in [1.29, 1.82) is 0 Å². The van der Waals surface area contributed by atoms with Gasteiger partial charge in [-0.3, -0.25) is 0 Å². The van der Waals surface area contributed by atoms with Gasteiger partial charge in [0, 0.05) is 16.0 Å². The van der Waals surface area contributed by atoms with Crippen molar-refractivity contribution in [2.75, 3.05) is 12.3 Å². The van der Waals surface area contributed by atoms with E-state index in [1.807, 2.05) is 0 Å². The van der Waals surface area contributed by atoms with Gasteiger partial charge in [-0.1, -0.05) is 18.2 Å². The fourth-order valence-corrected chi connectivity index (χ4v) is 2.48. The molecule has 96 valence electrons. The monoisotopic (exact) mass is 273 g/mol. The molecule has 2 nitrogen and oxygen atoms in total. The van der Waals surface area contributed by atoms with Gasteiger partial charge in [0.15, 0.2) is 0 Å². The quantitative estimate of drug-likeness (QED) is 0.873. The van der Waals surface area contributed by atoms with Crippen molar-refractivity contribution < 1.29 is 18.9 Å². The first-order valence-electron chi connectivity index (χ1n) is 5.41. The van der Waals surface area contributed by atoms with Gasteiger partial charge >= 0.3 is 6.18 Å². The van der Waals surface area contributed by atoms with Crippen molar-refractivity contribution in [1.82, 2.24) is 4.98 Å². The average Bonchev–Trinajstić information content (AvgIpc) is 2.34. The molecular formula is C12H12F3N2S+. The van der Waals surface area contributed by atoms with Crippen molar-refractivity contribution in [3.63, 3.8) is 0 Å². The number of para-hydroxylation sites is 1. The molecule has 0 saturated heterocycles. The SMILES string of the molecule is [NH3+]CCSc1cc(C(F)(F)F)nc2ccccc12. The third kappa shape index (κ3) is 2.76. The molecule has 2 rings (SSSR count). The van der Waals surface area contributed by atoms with Gasteiger partial charge < -0.3 is 5.73 Å². The largest absolute Gasteiger partial charge is 0.433 e. The van der Waals surface area contributed by atoms with Crippen molar-refractivity contribution in [3.8, 4) is 0 Å². The highest BCUT2D eigenvalue weighted by Crippen LogP contribution is 2.34. The highest BCUT2D eigenvalue weighted by atomic mass is 32.2.